The lowest BCUT2D eigenvalue weighted by atomic mass is 10.3. The molecule has 1 aromatic rings. The molecule has 5 nitrogen and oxygen atoms in total. The van der Waals surface area contributed by atoms with Crippen LogP contribution in [0.25, 0.3) is 0 Å². The molecule has 2 rings (SSSR count). The molecule has 0 bridgehead atoms. The SMILES string of the molecule is COCCN1CCN(c2cc(C)nc(C)n2)CC1. The highest BCUT2D eigenvalue weighted by molar-refractivity contribution is 5.40. The van der Waals surface area contributed by atoms with Crippen LogP contribution < -0.4 is 4.90 Å². The summed E-state index contributed by atoms with van der Waals surface area (Å²) in [5.74, 6) is 1.92. The van der Waals surface area contributed by atoms with Gasteiger partial charge in [-0.15, -0.1) is 0 Å². The Balaban J connectivity index is 1.92. The van der Waals surface area contributed by atoms with Crippen molar-refractivity contribution in [1.29, 1.82) is 0 Å². The second-order valence-electron chi connectivity index (χ2n) is 4.74. The van der Waals surface area contributed by atoms with E-state index in [2.05, 4.69) is 25.8 Å². The molecule has 0 amide bonds. The Bertz CT molecular complexity index is 368. The van der Waals surface area contributed by atoms with Crippen molar-refractivity contribution in [2.24, 2.45) is 0 Å². The summed E-state index contributed by atoms with van der Waals surface area (Å²) in [6, 6.07) is 2.07. The van der Waals surface area contributed by atoms with Gasteiger partial charge < -0.3 is 9.64 Å². The lowest BCUT2D eigenvalue weighted by Gasteiger charge is -2.35. The van der Waals surface area contributed by atoms with Gasteiger partial charge in [-0.3, -0.25) is 4.90 Å². The molecule has 1 saturated heterocycles. The van der Waals surface area contributed by atoms with Crippen molar-refractivity contribution in [1.82, 2.24) is 14.9 Å². The molecule has 0 radical (unpaired) electrons. The van der Waals surface area contributed by atoms with E-state index in [1.54, 1.807) is 7.11 Å². The first kappa shape index (κ1) is 13.2. The molecule has 1 aromatic heterocycles. The maximum atomic E-state index is 5.11. The fourth-order valence-corrected chi connectivity index (χ4v) is 2.28. The zero-order chi connectivity index (χ0) is 13.0. The summed E-state index contributed by atoms with van der Waals surface area (Å²) in [4.78, 5) is 13.6. The Labute approximate surface area is 109 Å². The highest BCUT2D eigenvalue weighted by Gasteiger charge is 2.18. The van der Waals surface area contributed by atoms with Crippen molar-refractivity contribution < 1.29 is 4.74 Å². The van der Waals surface area contributed by atoms with E-state index in [1.807, 2.05) is 13.8 Å². The fourth-order valence-electron chi connectivity index (χ4n) is 2.28. The van der Waals surface area contributed by atoms with Crippen molar-refractivity contribution in [3.63, 3.8) is 0 Å². The Kier molecular flexibility index (Phi) is 4.49. The Morgan fingerprint density at radius 2 is 1.89 bits per heavy atom. The van der Waals surface area contributed by atoms with Gasteiger partial charge in [0.2, 0.25) is 0 Å². The van der Waals surface area contributed by atoms with Crippen LogP contribution in [0.5, 0.6) is 0 Å². The second kappa shape index (κ2) is 6.11. The van der Waals surface area contributed by atoms with Crippen LogP contribution in [-0.4, -0.2) is 61.3 Å². The van der Waals surface area contributed by atoms with Crippen LogP contribution in [0.15, 0.2) is 6.07 Å². The fraction of sp³-hybridized carbons (Fsp3) is 0.692. The number of methoxy groups -OCH3 is 1. The average Bonchev–Trinajstić information content (AvgIpc) is 2.36. The molecule has 0 spiro atoms. The number of anilines is 1. The molecule has 18 heavy (non-hydrogen) atoms. The number of hydrogen-bond donors (Lipinski definition) is 0. The standard InChI is InChI=1S/C13H22N4O/c1-11-10-13(15-12(2)14-11)17-6-4-16(5-7-17)8-9-18-3/h10H,4-9H2,1-3H3. The number of aryl methyl sites for hydroxylation is 2. The number of nitrogens with zero attached hydrogens (tertiary/aromatic N) is 4. The first-order valence-electron chi connectivity index (χ1n) is 6.47. The van der Waals surface area contributed by atoms with Crippen LogP contribution in [0.1, 0.15) is 11.5 Å². The molecule has 1 fully saturated rings. The lowest BCUT2D eigenvalue weighted by Crippen LogP contribution is -2.47. The molecule has 0 unspecified atom stereocenters. The number of ether oxygens (including phenoxy) is 1. The van der Waals surface area contributed by atoms with E-state index in [1.165, 1.54) is 0 Å². The third-order valence-corrected chi connectivity index (χ3v) is 3.26. The summed E-state index contributed by atoms with van der Waals surface area (Å²) in [7, 11) is 1.75. The summed E-state index contributed by atoms with van der Waals surface area (Å²) in [5.41, 5.74) is 1.04. The third kappa shape index (κ3) is 3.40. The van der Waals surface area contributed by atoms with Crippen LogP contribution in [-0.2, 0) is 4.74 Å². The molecule has 1 aliphatic heterocycles. The van der Waals surface area contributed by atoms with Gasteiger partial charge in [0.1, 0.15) is 11.6 Å². The minimum atomic E-state index is 0.811. The van der Waals surface area contributed by atoms with Crippen molar-refractivity contribution in [2.75, 3.05) is 51.3 Å². The van der Waals surface area contributed by atoms with Crippen molar-refractivity contribution in [2.45, 2.75) is 13.8 Å². The highest BCUT2D eigenvalue weighted by Crippen LogP contribution is 2.14. The van der Waals surface area contributed by atoms with E-state index in [4.69, 9.17) is 4.74 Å². The minimum Gasteiger partial charge on any atom is -0.383 e. The van der Waals surface area contributed by atoms with Crippen molar-refractivity contribution >= 4 is 5.82 Å². The molecular weight excluding hydrogens is 228 g/mol. The minimum absolute atomic E-state index is 0.811. The van der Waals surface area contributed by atoms with Gasteiger partial charge in [-0.05, 0) is 13.8 Å². The number of aromatic nitrogens is 2. The molecule has 5 heteroatoms. The quantitative estimate of drug-likeness (QED) is 0.793. The normalized spacial score (nSPS) is 17.2. The van der Waals surface area contributed by atoms with Gasteiger partial charge in [0.25, 0.3) is 0 Å². The predicted octanol–water partition coefficient (Wildman–Crippen LogP) is 0.862. The first-order chi connectivity index (χ1) is 8.69. The molecule has 0 aromatic carbocycles. The van der Waals surface area contributed by atoms with Gasteiger partial charge in [-0.25, -0.2) is 9.97 Å². The summed E-state index contributed by atoms with van der Waals surface area (Å²) in [6.45, 7) is 10.0. The molecule has 2 heterocycles. The number of hydrogen-bond acceptors (Lipinski definition) is 5. The third-order valence-electron chi connectivity index (χ3n) is 3.26. The second-order valence-corrected chi connectivity index (χ2v) is 4.74. The van der Waals surface area contributed by atoms with Crippen LogP contribution in [0.4, 0.5) is 5.82 Å². The molecule has 0 N–H and O–H groups in total. The first-order valence-corrected chi connectivity index (χ1v) is 6.47. The van der Waals surface area contributed by atoms with Gasteiger partial charge in [-0.2, -0.15) is 0 Å². The highest BCUT2D eigenvalue weighted by atomic mass is 16.5. The molecule has 0 atom stereocenters. The predicted molar refractivity (Wildman–Crippen MR) is 72.0 cm³/mol. The summed E-state index contributed by atoms with van der Waals surface area (Å²) < 4.78 is 5.11. The Morgan fingerprint density at radius 1 is 1.17 bits per heavy atom. The monoisotopic (exact) mass is 250 g/mol. The van der Waals surface area contributed by atoms with E-state index >= 15 is 0 Å². The van der Waals surface area contributed by atoms with Crippen LogP contribution >= 0.6 is 0 Å². The van der Waals surface area contributed by atoms with E-state index < -0.39 is 0 Å². The van der Waals surface area contributed by atoms with E-state index in [0.29, 0.717) is 0 Å². The Morgan fingerprint density at radius 3 is 2.50 bits per heavy atom. The summed E-state index contributed by atoms with van der Waals surface area (Å²) in [5, 5.41) is 0. The number of rotatable bonds is 4. The lowest BCUT2D eigenvalue weighted by molar-refractivity contribution is 0.144. The topological polar surface area (TPSA) is 41.5 Å². The zero-order valence-corrected chi connectivity index (χ0v) is 11.5. The van der Waals surface area contributed by atoms with Gasteiger partial charge in [-0.1, -0.05) is 0 Å². The van der Waals surface area contributed by atoms with Crippen LogP contribution in [0.3, 0.4) is 0 Å². The molecule has 1 aliphatic rings. The summed E-state index contributed by atoms with van der Waals surface area (Å²) >= 11 is 0. The van der Waals surface area contributed by atoms with E-state index in [9.17, 15) is 0 Å². The van der Waals surface area contributed by atoms with E-state index in [-0.39, 0.29) is 0 Å². The van der Waals surface area contributed by atoms with Crippen molar-refractivity contribution in [3.8, 4) is 0 Å². The maximum absolute atomic E-state index is 5.11. The molecule has 0 aliphatic carbocycles. The van der Waals surface area contributed by atoms with Crippen molar-refractivity contribution in [3.05, 3.63) is 17.6 Å². The van der Waals surface area contributed by atoms with Crippen LogP contribution in [0, 0.1) is 13.8 Å². The molecule has 0 saturated carbocycles. The summed E-state index contributed by atoms with van der Waals surface area (Å²) in [6.07, 6.45) is 0. The largest absolute Gasteiger partial charge is 0.383 e. The molecular formula is C13H22N4O. The van der Waals surface area contributed by atoms with Gasteiger partial charge in [0.15, 0.2) is 0 Å². The zero-order valence-electron chi connectivity index (χ0n) is 11.5. The van der Waals surface area contributed by atoms with Gasteiger partial charge in [0.05, 0.1) is 6.61 Å². The van der Waals surface area contributed by atoms with E-state index in [0.717, 1.165) is 56.7 Å². The average molecular weight is 250 g/mol. The van der Waals surface area contributed by atoms with Crippen LogP contribution in [0.2, 0.25) is 0 Å². The Hall–Kier alpha value is -1.20. The van der Waals surface area contributed by atoms with Gasteiger partial charge in [0, 0.05) is 51.6 Å². The maximum Gasteiger partial charge on any atom is 0.132 e. The number of piperazine rings is 1. The van der Waals surface area contributed by atoms with Gasteiger partial charge >= 0.3 is 0 Å². The molecule has 100 valence electrons. The smallest absolute Gasteiger partial charge is 0.132 e.